The van der Waals surface area contributed by atoms with Crippen LogP contribution in [0.4, 0.5) is 0 Å². The average Bonchev–Trinajstić information content (AvgIpc) is 3.01. The minimum Gasteiger partial charge on any atom is -0.383 e. The highest BCUT2D eigenvalue weighted by molar-refractivity contribution is 6.33. The Balaban J connectivity index is 1.73. The number of amides is 2. The Morgan fingerprint density at radius 1 is 1.29 bits per heavy atom. The highest BCUT2D eigenvalue weighted by Gasteiger charge is 2.49. The van der Waals surface area contributed by atoms with Crippen molar-refractivity contribution in [2.24, 2.45) is 5.41 Å². The van der Waals surface area contributed by atoms with Crippen LogP contribution in [-0.2, 0) is 9.53 Å². The first-order valence-corrected chi connectivity index (χ1v) is 8.77. The number of benzene rings is 1. The Morgan fingerprint density at radius 2 is 2.08 bits per heavy atom. The van der Waals surface area contributed by atoms with Crippen LogP contribution in [0.2, 0.25) is 5.02 Å². The molecule has 2 aliphatic heterocycles. The smallest absolute Gasteiger partial charge is 0.255 e. The molecular formula is C18H23ClN2O3. The molecule has 24 heavy (non-hydrogen) atoms. The lowest BCUT2D eigenvalue weighted by Gasteiger charge is -2.39. The van der Waals surface area contributed by atoms with Gasteiger partial charge in [0.2, 0.25) is 5.91 Å². The quantitative estimate of drug-likeness (QED) is 0.838. The summed E-state index contributed by atoms with van der Waals surface area (Å²) >= 11 is 6.15. The van der Waals surface area contributed by atoms with Gasteiger partial charge in [-0.2, -0.15) is 0 Å². The molecule has 0 bridgehead atoms. The summed E-state index contributed by atoms with van der Waals surface area (Å²) in [6.45, 7) is 3.04. The fraction of sp³-hybridized carbons (Fsp3) is 0.556. The summed E-state index contributed by atoms with van der Waals surface area (Å²) in [6, 6.07) is 7.08. The molecule has 1 aromatic carbocycles. The Morgan fingerprint density at radius 3 is 2.83 bits per heavy atom. The van der Waals surface area contributed by atoms with Crippen molar-refractivity contribution in [2.45, 2.75) is 19.3 Å². The number of halogens is 1. The summed E-state index contributed by atoms with van der Waals surface area (Å²) in [7, 11) is 1.64. The summed E-state index contributed by atoms with van der Waals surface area (Å²) in [5, 5.41) is 0.458. The van der Waals surface area contributed by atoms with Gasteiger partial charge in [-0.25, -0.2) is 0 Å². The zero-order valence-electron chi connectivity index (χ0n) is 14.0. The van der Waals surface area contributed by atoms with Gasteiger partial charge in [0.15, 0.2) is 0 Å². The third kappa shape index (κ3) is 3.15. The van der Waals surface area contributed by atoms with Crippen LogP contribution < -0.4 is 0 Å². The van der Waals surface area contributed by atoms with Crippen molar-refractivity contribution in [3.8, 4) is 0 Å². The van der Waals surface area contributed by atoms with E-state index in [9.17, 15) is 9.59 Å². The number of rotatable bonds is 4. The molecule has 1 unspecified atom stereocenters. The fourth-order valence-electron chi connectivity index (χ4n) is 3.80. The van der Waals surface area contributed by atoms with Gasteiger partial charge in [-0.3, -0.25) is 9.59 Å². The van der Waals surface area contributed by atoms with Gasteiger partial charge in [0.25, 0.3) is 5.91 Å². The van der Waals surface area contributed by atoms with Crippen molar-refractivity contribution in [3.63, 3.8) is 0 Å². The molecule has 0 aliphatic carbocycles. The lowest BCUT2D eigenvalue weighted by Crippen LogP contribution is -2.51. The lowest BCUT2D eigenvalue weighted by atomic mass is 9.78. The maximum Gasteiger partial charge on any atom is 0.255 e. The van der Waals surface area contributed by atoms with Crippen LogP contribution in [0.3, 0.4) is 0 Å². The van der Waals surface area contributed by atoms with Gasteiger partial charge >= 0.3 is 0 Å². The van der Waals surface area contributed by atoms with Gasteiger partial charge in [0.1, 0.15) is 0 Å². The minimum absolute atomic E-state index is 0.0840. The predicted molar refractivity (Wildman–Crippen MR) is 92.1 cm³/mol. The van der Waals surface area contributed by atoms with Crippen molar-refractivity contribution < 1.29 is 14.3 Å². The molecule has 2 heterocycles. The maximum atomic E-state index is 12.9. The van der Waals surface area contributed by atoms with E-state index >= 15 is 0 Å². The van der Waals surface area contributed by atoms with E-state index in [1.54, 1.807) is 24.1 Å². The summed E-state index contributed by atoms with van der Waals surface area (Å²) < 4.78 is 5.10. The summed E-state index contributed by atoms with van der Waals surface area (Å²) in [5.74, 6) is 0.0829. The summed E-state index contributed by atoms with van der Waals surface area (Å²) in [5.41, 5.74) is 0.0822. The molecule has 2 amide bonds. The van der Waals surface area contributed by atoms with Gasteiger partial charge < -0.3 is 14.5 Å². The first-order valence-electron chi connectivity index (χ1n) is 8.39. The van der Waals surface area contributed by atoms with Gasteiger partial charge in [-0.15, -0.1) is 0 Å². The van der Waals surface area contributed by atoms with Gasteiger partial charge in [-0.1, -0.05) is 23.7 Å². The van der Waals surface area contributed by atoms with Crippen molar-refractivity contribution in [2.75, 3.05) is 39.9 Å². The molecule has 130 valence electrons. The Hall–Kier alpha value is -1.59. The van der Waals surface area contributed by atoms with E-state index in [1.165, 1.54) is 0 Å². The van der Waals surface area contributed by atoms with Crippen LogP contribution in [0.25, 0.3) is 0 Å². The maximum absolute atomic E-state index is 12.9. The largest absolute Gasteiger partial charge is 0.383 e. The van der Waals surface area contributed by atoms with Crippen molar-refractivity contribution in [3.05, 3.63) is 34.9 Å². The van der Waals surface area contributed by atoms with E-state index in [2.05, 4.69) is 0 Å². The Kier molecular flexibility index (Phi) is 5.11. The summed E-state index contributed by atoms with van der Waals surface area (Å²) in [6.07, 6.45) is 2.55. The number of hydrogen-bond donors (Lipinski definition) is 0. The van der Waals surface area contributed by atoms with Gasteiger partial charge in [-0.05, 0) is 31.4 Å². The third-order valence-corrected chi connectivity index (χ3v) is 5.46. The average molecular weight is 351 g/mol. The van der Waals surface area contributed by atoms with Gasteiger partial charge in [0.05, 0.1) is 22.6 Å². The molecule has 0 radical (unpaired) electrons. The molecule has 1 spiro atoms. The highest BCUT2D eigenvalue weighted by atomic mass is 35.5. The number of ether oxygens (including phenoxy) is 1. The fourth-order valence-corrected chi connectivity index (χ4v) is 4.01. The Labute approximate surface area is 147 Å². The topological polar surface area (TPSA) is 49.9 Å². The number of likely N-dealkylation sites (tertiary alicyclic amines) is 2. The molecule has 6 heteroatoms. The molecule has 3 rings (SSSR count). The molecular weight excluding hydrogens is 328 g/mol. The van der Waals surface area contributed by atoms with Crippen molar-refractivity contribution in [1.29, 1.82) is 0 Å². The Bertz CT molecular complexity index is 636. The van der Waals surface area contributed by atoms with Crippen LogP contribution in [0.5, 0.6) is 0 Å². The van der Waals surface area contributed by atoms with Crippen LogP contribution >= 0.6 is 11.6 Å². The zero-order chi connectivity index (χ0) is 17.2. The SMILES string of the molecule is COCCN1CCCC2(CCN(C(=O)c3ccccc3Cl)C2)C1=O. The number of piperidine rings is 1. The molecule has 2 fully saturated rings. The van der Waals surface area contributed by atoms with E-state index in [0.29, 0.717) is 36.8 Å². The molecule has 1 aromatic rings. The number of hydrogen-bond acceptors (Lipinski definition) is 3. The molecule has 5 nitrogen and oxygen atoms in total. The molecule has 2 aliphatic rings. The van der Waals surface area contributed by atoms with Crippen molar-refractivity contribution in [1.82, 2.24) is 9.80 Å². The minimum atomic E-state index is -0.428. The zero-order valence-corrected chi connectivity index (χ0v) is 14.7. The van der Waals surface area contributed by atoms with Crippen LogP contribution in [0.15, 0.2) is 24.3 Å². The first kappa shape index (κ1) is 17.2. The van der Waals surface area contributed by atoms with E-state index in [4.69, 9.17) is 16.3 Å². The highest BCUT2D eigenvalue weighted by Crippen LogP contribution is 2.40. The van der Waals surface area contributed by atoms with Crippen LogP contribution in [-0.4, -0.2) is 61.5 Å². The molecule has 0 aromatic heterocycles. The van der Waals surface area contributed by atoms with E-state index in [0.717, 1.165) is 25.8 Å². The van der Waals surface area contributed by atoms with E-state index in [1.807, 2.05) is 17.0 Å². The van der Waals surface area contributed by atoms with Crippen LogP contribution in [0, 0.1) is 5.41 Å². The van der Waals surface area contributed by atoms with Crippen LogP contribution in [0.1, 0.15) is 29.6 Å². The number of nitrogens with zero attached hydrogens (tertiary/aromatic N) is 2. The normalized spacial score (nSPS) is 24.0. The lowest BCUT2D eigenvalue weighted by molar-refractivity contribution is -0.146. The number of carbonyl (C=O) groups excluding carboxylic acids is 2. The van der Waals surface area contributed by atoms with E-state index < -0.39 is 5.41 Å². The second-order valence-corrected chi connectivity index (χ2v) is 7.03. The number of carbonyl (C=O) groups is 2. The molecule has 0 N–H and O–H groups in total. The molecule has 1 atom stereocenters. The van der Waals surface area contributed by atoms with Gasteiger partial charge in [0, 0.05) is 33.3 Å². The molecule has 2 saturated heterocycles. The first-order chi connectivity index (χ1) is 11.6. The van der Waals surface area contributed by atoms with E-state index in [-0.39, 0.29) is 11.8 Å². The second kappa shape index (κ2) is 7.11. The molecule has 0 saturated carbocycles. The monoisotopic (exact) mass is 350 g/mol. The second-order valence-electron chi connectivity index (χ2n) is 6.63. The summed E-state index contributed by atoms with van der Waals surface area (Å²) in [4.78, 5) is 29.3. The predicted octanol–water partition coefficient (Wildman–Crippen LogP) is 2.44. The van der Waals surface area contributed by atoms with Crippen molar-refractivity contribution >= 4 is 23.4 Å². The third-order valence-electron chi connectivity index (χ3n) is 5.13. The number of methoxy groups -OCH3 is 1. The standard InChI is InChI=1S/C18H23ClN2O3/c1-24-12-11-20-9-4-7-18(17(20)23)8-10-21(13-18)16(22)14-5-2-3-6-15(14)19/h2-3,5-6H,4,7-13H2,1H3.